The maximum Gasteiger partial charge on any atom is 0.141 e. The van der Waals surface area contributed by atoms with E-state index >= 15 is 0 Å². The van der Waals surface area contributed by atoms with Gasteiger partial charge < -0.3 is 10.6 Å². The molecule has 2 rings (SSSR count). The first kappa shape index (κ1) is 13.0. The average Bonchev–Trinajstić information content (AvgIpc) is 2.89. The molecule has 0 saturated heterocycles. The Morgan fingerprint density at radius 3 is 2.94 bits per heavy atom. The Hall–Kier alpha value is -1.46. The first-order chi connectivity index (χ1) is 8.74. The number of hydrogen-bond acceptors (Lipinski definition) is 4. The largest absolute Gasteiger partial charge is 0.351 e. The van der Waals surface area contributed by atoms with E-state index in [1.807, 2.05) is 11.4 Å². The van der Waals surface area contributed by atoms with Gasteiger partial charge in [-0.25, -0.2) is 9.37 Å². The molecular formula is C13H16FN3S. The lowest BCUT2D eigenvalue weighted by Crippen LogP contribution is -2.24. The minimum atomic E-state index is -0.341. The lowest BCUT2D eigenvalue weighted by Gasteiger charge is -2.23. The lowest BCUT2D eigenvalue weighted by atomic mass is 10.2. The van der Waals surface area contributed by atoms with Crippen LogP contribution in [0.1, 0.15) is 17.4 Å². The molecule has 18 heavy (non-hydrogen) atoms. The highest BCUT2D eigenvalue weighted by atomic mass is 32.1. The van der Waals surface area contributed by atoms with Crippen LogP contribution in [0.2, 0.25) is 0 Å². The van der Waals surface area contributed by atoms with Crippen molar-refractivity contribution in [1.82, 2.24) is 4.98 Å². The summed E-state index contributed by atoms with van der Waals surface area (Å²) in [6, 6.07) is 5.56. The van der Waals surface area contributed by atoms with E-state index in [9.17, 15) is 4.39 Å². The van der Waals surface area contributed by atoms with Gasteiger partial charge in [0.1, 0.15) is 11.6 Å². The zero-order valence-corrected chi connectivity index (χ0v) is 11.1. The summed E-state index contributed by atoms with van der Waals surface area (Å²) in [7, 11) is 0. The van der Waals surface area contributed by atoms with Gasteiger partial charge in [0, 0.05) is 23.5 Å². The minimum absolute atomic E-state index is 0.293. The third kappa shape index (κ3) is 2.86. The minimum Gasteiger partial charge on any atom is -0.351 e. The molecule has 0 radical (unpaired) electrons. The number of thiophene rings is 1. The number of nitrogens with two attached hydrogens (primary N) is 1. The molecule has 0 bridgehead atoms. The van der Waals surface area contributed by atoms with Gasteiger partial charge in [-0.05, 0) is 24.4 Å². The maximum absolute atomic E-state index is 13.1. The van der Waals surface area contributed by atoms with Gasteiger partial charge in [-0.3, -0.25) is 0 Å². The predicted molar refractivity (Wildman–Crippen MR) is 73.1 cm³/mol. The van der Waals surface area contributed by atoms with Crippen molar-refractivity contribution >= 4 is 17.2 Å². The van der Waals surface area contributed by atoms with E-state index in [2.05, 4.69) is 22.9 Å². The van der Waals surface area contributed by atoms with E-state index < -0.39 is 0 Å². The van der Waals surface area contributed by atoms with Crippen molar-refractivity contribution in [2.45, 2.75) is 20.0 Å². The summed E-state index contributed by atoms with van der Waals surface area (Å²) in [5, 5.41) is 2.05. The van der Waals surface area contributed by atoms with Gasteiger partial charge in [0.05, 0.1) is 12.7 Å². The Bertz CT molecular complexity index is 499. The highest BCUT2D eigenvalue weighted by Gasteiger charge is 2.12. The summed E-state index contributed by atoms with van der Waals surface area (Å²) in [5.41, 5.74) is 6.40. The van der Waals surface area contributed by atoms with Gasteiger partial charge in [-0.1, -0.05) is 6.07 Å². The van der Waals surface area contributed by atoms with E-state index in [1.165, 1.54) is 17.1 Å². The van der Waals surface area contributed by atoms with Gasteiger partial charge in [0.2, 0.25) is 0 Å². The third-order valence-electron chi connectivity index (χ3n) is 2.74. The van der Waals surface area contributed by atoms with Crippen molar-refractivity contribution < 1.29 is 4.39 Å². The smallest absolute Gasteiger partial charge is 0.141 e. The maximum atomic E-state index is 13.1. The SMILES string of the molecule is CCN(Cc1cccs1)c1ncc(F)cc1CN. The van der Waals surface area contributed by atoms with Crippen LogP contribution in [-0.2, 0) is 13.1 Å². The molecule has 0 fully saturated rings. The van der Waals surface area contributed by atoms with Crippen LogP contribution in [-0.4, -0.2) is 11.5 Å². The van der Waals surface area contributed by atoms with E-state index in [4.69, 9.17) is 5.73 Å². The quantitative estimate of drug-likeness (QED) is 0.904. The van der Waals surface area contributed by atoms with Crippen LogP contribution in [0, 0.1) is 5.82 Å². The topological polar surface area (TPSA) is 42.2 Å². The summed E-state index contributed by atoms with van der Waals surface area (Å²) in [5.74, 6) is 0.432. The van der Waals surface area contributed by atoms with Gasteiger partial charge in [0.25, 0.3) is 0 Å². The molecule has 0 saturated carbocycles. The normalized spacial score (nSPS) is 10.6. The van der Waals surface area contributed by atoms with Crippen molar-refractivity contribution in [3.8, 4) is 0 Å². The van der Waals surface area contributed by atoms with Crippen LogP contribution in [0.5, 0.6) is 0 Å². The van der Waals surface area contributed by atoms with Crippen molar-refractivity contribution in [1.29, 1.82) is 0 Å². The molecule has 0 aliphatic carbocycles. The molecule has 0 atom stereocenters. The monoisotopic (exact) mass is 265 g/mol. The number of pyridine rings is 1. The van der Waals surface area contributed by atoms with E-state index in [-0.39, 0.29) is 5.82 Å². The fourth-order valence-electron chi connectivity index (χ4n) is 1.84. The van der Waals surface area contributed by atoms with Gasteiger partial charge >= 0.3 is 0 Å². The zero-order valence-electron chi connectivity index (χ0n) is 10.3. The molecule has 2 heterocycles. The Morgan fingerprint density at radius 2 is 2.33 bits per heavy atom. The zero-order chi connectivity index (χ0) is 13.0. The molecule has 0 aliphatic rings. The highest BCUT2D eigenvalue weighted by Crippen LogP contribution is 2.21. The predicted octanol–water partition coefficient (Wildman–Crippen LogP) is 2.77. The van der Waals surface area contributed by atoms with Crippen LogP contribution in [0.4, 0.5) is 10.2 Å². The van der Waals surface area contributed by atoms with E-state index in [0.29, 0.717) is 6.54 Å². The van der Waals surface area contributed by atoms with Gasteiger partial charge in [-0.2, -0.15) is 0 Å². The second-order valence-corrected chi connectivity index (χ2v) is 4.97. The number of halogens is 1. The standard InChI is InChI=1S/C13H16FN3S/c1-2-17(9-12-4-3-5-18-12)13-10(7-15)6-11(14)8-16-13/h3-6,8H,2,7,9,15H2,1H3. The average molecular weight is 265 g/mol. The molecular weight excluding hydrogens is 249 g/mol. The second kappa shape index (κ2) is 5.93. The first-order valence-corrected chi connectivity index (χ1v) is 6.74. The van der Waals surface area contributed by atoms with Crippen LogP contribution < -0.4 is 10.6 Å². The molecule has 5 heteroatoms. The number of aromatic nitrogens is 1. The molecule has 0 aliphatic heterocycles. The summed E-state index contributed by atoms with van der Waals surface area (Å²) in [6.07, 6.45) is 1.24. The highest BCUT2D eigenvalue weighted by molar-refractivity contribution is 7.09. The second-order valence-electron chi connectivity index (χ2n) is 3.93. The Balaban J connectivity index is 2.26. The van der Waals surface area contributed by atoms with Crippen LogP contribution in [0.25, 0.3) is 0 Å². The molecule has 2 N–H and O–H groups in total. The first-order valence-electron chi connectivity index (χ1n) is 5.86. The molecule has 2 aromatic rings. The van der Waals surface area contributed by atoms with Crippen molar-refractivity contribution in [3.05, 3.63) is 46.0 Å². The van der Waals surface area contributed by atoms with Gasteiger partial charge in [-0.15, -0.1) is 11.3 Å². The molecule has 0 spiro atoms. The lowest BCUT2D eigenvalue weighted by molar-refractivity contribution is 0.617. The fraction of sp³-hybridized carbons (Fsp3) is 0.308. The molecule has 96 valence electrons. The van der Waals surface area contributed by atoms with Crippen molar-refractivity contribution in [3.63, 3.8) is 0 Å². The fourth-order valence-corrected chi connectivity index (χ4v) is 2.56. The Labute approximate surface area is 110 Å². The summed E-state index contributed by atoms with van der Waals surface area (Å²) in [4.78, 5) is 7.54. The molecule has 3 nitrogen and oxygen atoms in total. The number of rotatable bonds is 5. The number of hydrogen-bond donors (Lipinski definition) is 1. The Morgan fingerprint density at radius 1 is 1.50 bits per heavy atom. The third-order valence-corrected chi connectivity index (χ3v) is 3.60. The van der Waals surface area contributed by atoms with E-state index in [1.54, 1.807) is 11.3 Å². The molecule has 0 unspecified atom stereocenters. The molecule has 0 aromatic carbocycles. The van der Waals surface area contributed by atoms with Crippen molar-refractivity contribution in [2.24, 2.45) is 5.73 Å². The van der Waals surface area contributed by atoms with Crippen molar-refractivity contribution in [2.75, 3.05) is 11.4 Å². The summed E-state index contributed by atoms with van der Waals surface area (Å²) < 4.78 is 13.1. The Kier molecular flexibility index (Phi) is 4.28. The molecule has 0 amide bonds. The van der Waals surface area contributed by atoms with Crippen LogP contribution >= 0.6 is 11.3 Å². The number of nitrogens with zero attached hydrogens (tertiary/aromatic N) is 2. The van der Waals surface area contributed by atoms with E-state index in [0.717, 1.165) is 24.5 Å². The van der Waals surface area contributed by atoms with Crippen LogP contribution in [0.15, 0.2) is 29.8 Å². The number of anilines is 1. The summed E-state index contributed by atoms with van der Waals surface area (Å²) in [6.45, 7) is 3.93. The summed E-state index contributed by atoms with van der Waals surface area (Å²) >= 11 is 1.70. The van der Waals surface area contributed by atoms with Crippen LogP contribution in [0.3, 0.4) is 0 Å². The van der Waals surface area contributed by atoms with Gasteiger partial charge in [0.15, 0.2) is 0 Å². The molecule has 2 aromatic heterocycles.